The van der Waals surface area contributed by atoms with Crippen LogP contribution >= 0.6 is 0 Å². The topological polar surface area (TPSA) is 40.5 Å². The Morgan fingerprint density at radius 1 is 0.423 bits per heavy atom. The third-order valence-electron chi connectivity index (χ3n) is 4.44. The molecule has 2 nitrogen and oxygen atoms in total. The molecule has 0 saturated heterocycles. The SMILES string of the molecule is Oc1cccc(-c2cccc(-c3ccccc3)c2-c2cccc(O)c2)c1. The highest BCUT2D eigenvalue weighted by molar-refractivity contribution is 5.94. The first-order chi connectivity index (χ1) is 12.7. The van der Waals surface area contributed by atoms with Crippen molar-refractivity contribution in [2.24, 2.45) is 0 Å². The average Bonchev–Trinajstić information content (AvgIpc) is 2.68. The number of phenols is 2. The maximum atomic E-state index is 10.0. The molecule has 4 rings (SSSR count). The van der Waals surface area contributed by atoms with Crippen molar-refractivity contribution in [2.75, 3.05) is 0 Å². The van der Waals surface area contributed by atoms with Crippen molar-refractivity contribution in [3.63, 3.8) is 0 Å². The Balaban J connectivity index is 2.04. The molecule has 4 aromatic rings. The monoisotopic (exact) mass is 338 g/mol. The minimum absolute atomic E-state index is 0.229. The van der Waals surface area contributed by atoms with Gasteiger partial charge in [-0.2, -0.15) is 0 Å². The molecular weight excluding hydrogens is 320 g/mol. The van der Waals surface area contributed by atoms with E-state index in [-0.39, 0.29) is 11.5 Å². The zero-order valence-corrected chi connectivity index (χ0v) is 14.1. The number of rotatable bonds is 3. The van der Waals surface area contributed by atoms with Gasteiger partial charge in [0.1, 0.15) is 11.5 Å². The Kier molecular flexibility index (Phi) is 4.16. The van der Waals surface area contributed by atoms with E-state index in [1.54, 1.807) is 24.3 Å². The molecule has 0 unspecified atom stereocenters. The first-order valence-corrected chi connectivity index (χ1v) is 8.49. The van der Waals surface area contributed by atoms with Gasteiger partial charge in [-0.05, 0) is 57.6 Å². The average molecular weight is 338 g/mol. The van der Waals surface area contributed by atoms with Gasteiger partial charge in [-0.15, -0.1) is 0 Å². The van der Waals surface area contributed by atoms with E-state index < -0.39 is 0 Å². The third-order valence-corrected chi connectivity index (χ3v) is 4.44. The van der Waals surface area contributed by atoms with Crippen molar-refractivity contribution in [3.8, 4) is 44.9 Å². The Labute approximate surface area is 152 Å². The Hall–Kier alpha value is -3.52. The van der Waals surface area contributed by atoms with Crippen LogP contribution in [0.1, 0.15) is 0 Å². The first kappa shape index (κ1) is 16.0. The number of hydrogen-bond donors (Lipinski definition) is 2. The van der Waals surface area contributed by atoms with Gasteiger partial charge in [-0.25, -0.2) is 0 Å². The van der Waals surface area contributed by atoms with Gasteiger partial charge in [0.2, 0.25) is 0 Å². The molecule has 0 aliphatic heterocycles. The summed E-state index contributed by atoms with van der Waals surface area (Å²) in [5.74, 6) is 0.460. The highest BCUT2D eigenvalue weighted by atomic mass is 16.3. The number of hydrogen-bond acceptors (Lipinski definition) is 2. The minimum atomic E-state index is 0.229. The highest BCUT2D eigenvalue weighted by Crippen LogP contribution is 2.41. The minimum Gasteiger partial charge on any atom is -0.508 e. The summed E-state index contributed by atoms with van der Waals surface area (Å²) in [6.07, 6.45) is 0. The van der Waals surface area contributed by atoms with Gasteiger partial charge >= 0.3 is 0 Å². The van der Waals surface area contributed by atoms with Crippen LogP contribution in [-0.2, 0) is 0 Å². The predicted octanol–water partition coefficient (Wildman–Crippen LogP) is 6.10. The zero-order chi connectivity index (χ0) is 17.9. The van der Waals surface area contributed by atoms with Crippen LogP contribution in [0.4, 0.5) is 0 Å². The first-order valence-electron chi connectivity index (χ1n) is 8.49. The molecule has 0 amide bonds. The summed E-state index contributed by atoms with van der Waals surface area (Å²) in [5.41, 5.74) is 6.09. The molecular formula is C24H18O2. The third kappa shape index (κ3) is 3.05. The van der Waals surface area contributed by atoms with Gasteiger partial charge in [0.15, 0.2) is 0 Å². The number of benzene rings is 4. The van der Waals surface area contributed by atoms with Crippen LogP contribution in [-0.4, -0.2) is 10.2 Å². The van der Waals surface area contributed by atoms with Crippen LogP contribution in [0.25, 0.3) is 33.4 Å². The van der Waals surface area contributed by atoms with Gasteiger partial charge in [0, 0.05) is 0 Å². The quantitative estimate of drug-likeness (QED) is 0.474. The van der Waals surface area contributed by atoms with Gasteiger partial charge < -0.3 is 10.2 Å². The Morgan fingerprint density at radius 2 is 0.923 bits per heavy atom. The van der Waals surface area contributed by atoms with Crippen LogP contribution in [0.5, 0.6) is 11.5 Å². The van der Waals surface area contributed by atoms with Crippen molar-refractivity contribution in [1.82, 2.24) is 0 Å². The van der Waals surface area contributed by atoms with Gasteiger partial charge in [-0.1, -0.05) is 72.8 Å². The van der Waals surface area contributed by atoms with E-state index in [0.29, 0.717) is 0 Å². The second-order valence-electron chi connectivity index (χ2n) is 6.19. The zero-order valence-electron chi connectivity index (χ0n) is 14.1. The van der Waals surface area contributed by atoms with Gasteiger partial charge in [0.05, 0.1) is 0 Å². The smallest absolute Gasteiger partial charge is 0.116 e. The number of aromatic hydroxyl groups is 2. The van der Waals surface area contributed by atoms with Crippen molar-refractivity contribution in [1.29, 1.82) is 0 Å². The second-order valence-corrected chi connectivity index (χ2v) is 6.19. The lowest BCUT2D eigenvalue weighted by Gasteiger charge is -2.16. The normalized spacial score (nSPS) is 10.6. The van der Waals surface area contributed by atoms with E-state index in [1.165, 1.54) is 0 Å². The fourth-order valence-corrected chi connectivity index (χ4v) is 3.30. The van der Waals surface area contributed by atoms with E-state index >= 15 is 0 Å². The van der Waals surface area contributed by atoms with Crippen molar-refractivity contribution >= 4 is 0 Å². The Bertz CT molecular complexity index is 1050. The second kappa shape index (κ2) is 6.77. The molecule has 0 fully saturated rings. The lowest BCUT2D eigenvalue weighted by atomic mass is 9.87. The summed E-state index contributed by atoms with van der Waals surface area (Å²) in [7, 11) is 0. The van der Waals surface area contributed by atoms with E-state index in [9.17, 15) is 10.2 Å². The van der Waals surface area contributed by atoms with E-state index in [2.05, 4.69) is 18.2 Å². The van der Waals surface area contributed by atoms with Crippen LogP contribution in [0.15, 0.2) is 97.1 Å². The maximum absolute atomic E-state index is 10.0. The summed E-state index contributed by atoms with van der Waals surface area (Å²) in [5, 5.41) is 19.9. The van der Waals surface area contributed by atoms with Crippen LogP contribution in [0.2, 0.25) is 0 Å². The van der Waals surface area contributed by atoms with Crippen LogP contribution in [0, 0.1) is 0 Å². The van der Waals surface area contributed by atoms with Gasteiger partial charge in [-0.3, -0.25) is 0 Å². The molecule has 0 radical (unpaired) electrons. The molecule has 26 heavy (non-hydrogen) atoms. The lowest BCUT2D eigenvalue weighted by molar-refractivity contribution is 0.475. The summed E-state index contributed by atoms with van der Waals surface area (Å²) >= 11 is 0. The molecule has 0 aliphatic carbocycles. The number of phenolic OH excluding ortho intramolecular Hbond substituents is 2. The lowest BCUT2D eigenvalue weighted by Crippen LogP contribution is -1.90. The summed E-state index contributed by atoms with van der Waals surface area (Å²) < 4.78 is 0. The summed E-state index contributed by atoms with van der Waals surface area (Å²) in [4.78, 5) is 0. The van der Waals surface area contributed by atoms with Gasteiger partial charge in [0.25, 0.3) is 0 Å². The van der Waals surface area contributed by atoms with Crippen molar-refractivity contribution in [2.45, 2.75) is 0 Å². The summed E-state index contributed by atoms with van der Waals surface area (Å²) in [6, 6.07) is 30.9. The molecule has 2 N–H and O–H groups in total. The van der Waals surface area contributed by atoms with Crippen LogP contribution in [0.3, 0.4) is 0 Å². The fourth-order valence-electron chi connectivity index (χ4n) is 3.30. The molecule has 0 bridgehead atoms. The fraction of sp³-hybridized carbons (Fsp3) is 0. The largest absolute Gasteiger partial charge is 0.508 e. The van der Waals surface area contributed by atoms with Crippen LogP contribution < -0.4 is 0 Å². The molecule has 0 spiro atoms. The maximum Gasteiger partial charge on any atom is 0.116 e. The molecule has 0 heterocycles. The van der Waals surface area contributed by atoms with Crippen molar-refractivity contribution < 1.29 is 10.2 Å². The molecule has 0 aliphatic rings. The molecule has 0 saturated carbocycles. The van der Waals surface area contributed by atoms with Crippen molar-refractivity contribution in [3.05, 3.63) is 97.1 Å². The molecule has 2 heteroatoms. The molecule has 4 aromatic carbocycles. The van der Waals surface area contributed by atoms with E-state index in [4.69, 9.17) is 0 Å². The standard InChI is InChI=1S/C24H18O2/c25-20-11-4-9-18(15-20)23-14-6-13-22(17-7-2-1-3-8-17)24(23)19-10-5-12-21(26)16-19/h1-16,25-26H. The van der Waals surface area contributed by atoms with E-state index in [0.717, 1.165) is 33.4 Å². The Morgan fingerprint density at radius 3 is 1.58 bits per heavy atom. The molecule has 126 valence electrons. The molecule has 0 atom stereocenters. The highest BCUT2D eigenvalue weighted by Gasteiger charge is 2.14. The van der Waals surface area contributed by atoms with E-state index in [1.807, 2.05) is 54.6 Å². The molecule has 0 aromatic heterocycles. The summed E-state index contributed by atoms with van der Waals surface area (Å²) in [6.45, 7) is 0. The predicted molar refractivity (Wildman–Crippen MR) is 106 cm³/mol.